The standard InChI is InChI=1S/C23H21F3N4O2S/c1-13(2)30-21-17(11-28-30)16(10-18(29-21)20-7-4-8-33-20)22(32)27-12-19(31)14-5-3-6-15(9-14)23(24,25)26/h3-11,13,19,31H,12H2,1-2H3,(H,27,32). The molecule has 0 bridgehead atoms. The van der Waals surface area contributed by atoms with E-state index in [1.54, 1.807) is 16.9 Å². The zero-order valence-electron chi connectivity index (χ0n) is 17.8. The zero-order chi connectivity index (χ0) is 23.8. The van der Waals surface area contributed by atoms with E-state index in [4.69, 9.17) is 4.98 Å². The Morgan fingerprint density at radius 1 is 1.21 bits per heavy atom. The predicted octanol–water partition coefficient (Wildman–Crippen LogP) is 5.22. The number of rotatable bonds is 6. The molecule has 3 heterocycles. The quantitative estimate of drug-likeness (QED) is 0.401. The number of aliphatic hydroxyl groups excluding tert-OH is 1. The van der Waals surface area contributed by atoms with E-state index in [1.165, 1.54) is 23.5 Å². The maximum Gasteiger partial charge on any atom is 0.416 e. The van der Waals surface area contributed by atoms with Crippen LogP contribution in [0.1, 0.15) is 47.5 Å². The molecular formula is C23H21F3N4O2S. The molecule has 0 saturated heterocycles. The van der Waals surface area contributed by atoms with E-state index in [1.807, 2.05) is 31.4 Å². The van der Waals surface area contributed by atoms with Crippen molar-refractivity contribution in [2.75, 3.05) is 6.54 Å². The molecule has 0 spiro atoms. The van der Waals surface area contributed by atoms with Crippen molar-refractivity contribution in [2.45, 2.75) is 32.2 Å². The highest BCUT2D eigenvalue weighted by Gasteiger charge is 2.31. The minimum atomic E-state index is -4.52. The summed E-state index contributed by atoms with van der Waals surface area (Å²) in [6, 6.07) is 9.88. The second-order valence-electron chi connectivity index (χ2n) is 7.80. The molecule has 4 rings (SSSR count). The average molecular weight is 475 g/mol. The van der Waals surface area contributed by atoms with Crippen LogP contribution in [0.25, 0.3) is 21.6 Å². The fraction of sp³-hybridized carbons (Fsp3) is 0.261. The number of aromatic nitrogens is 3. The lowest BCUT2D eigenvalue weighted by Crippen LogP contribution is -2.28. The SMILES string of the molecule is CC(C)n1ncc2c(C(=O)NCC(O)c3cccc(C(F)(F)F)c3)cc(-c3cccs3)nc21. The number of nitrogens with one attached hydrogen (secondary N) is 1. The molecule has 3 aromatic heterocycles. The smallest absolute Gasteiger partial charge is 0.387 e. The van der Waals surface area contributed by atoms with Crippen LogP contribution in [-0.4, -0.2) is 32.3 Å². The molecule has 172 valence electrons. The minimum Gasteiger partial charge on any atom is -0.387 e. The van der Waals surface area contributed by atoms with Crippen molar-refractivity contribution in [3.63, 3.8) is 0 Å². The minimum absolute atomic E-state index is 0.0206. The maximum atomic E-state index is 13.1. The number of hydrogen-bond donors (Lipinski definition) is 2. The Balaban J connectivity index is 1.62. The Hall–Kier alpha value is -3.24. The first-order chi connectivity index (χ1) is 15.6. The normalized spacial score (nSPS) is 12.9. The largest absolute Gasteiger partial charge is 0.416 e. The summed E-state index contributed by atoms with van der Waals surface area (Å²) in [7, 11) is 0. The molecule has 0 aliphatic heterocycles. The van der Waals surface area contributed by atoms with Gasteiger partial charge in [0.15, 0.2) is 5.65 Å². The number of alkyl halides is 3. The van der Waals surface area contributed by atoms with Gasteiger partial charge in [0, 0.05) is 12.6 Å². The van der Waals surface area contributed by atoms with E-state index in [9.17, 15) is 23.1 Å². The van der Waals surface area contributed by atoms with Crippen LogP contribution in [-0.2, 0) is 6.18 Å². The molecule has 1 unspecified atom stereocenters. The van der Waals surface area contributed by atoms with Gasteiger partial charge in [-0.3, -0.25) is 4.79 Å². The number of amides is 1. The van der Waals surface area contributed by atoms with Gasteiger partial charge in [-0.15, -0.1) is 11.3 Å². The summed E-state index contributed by atoms with van der Waals surface area (Å²) >= 11 is 1.48. The summed E-state index contributed by atoms with van der Waals surface area (Å²) in [5.74, 6) is -0.477. The maximum absolute atomic E-state index is 13.1. The number of halogens is 3. The Kier molecular flexibility index (Phi) is 6.22. The number of thiophene rings is 1. The highest BCUT2D eigenvalue weighted by Crippen LogP contribution is 2.31. The predicted molar refractivity (Wildman–Crippen MR) is 120 cm³/mol. The Bertz CT molecular complexity index is 1280. The first-order valence-electron chi connectivity index (χ1n) is 10.2. The molecule has 0 fully saturated rings. The molecule has 1 amide bonds. The van der Waals surface area contributed by atoms with Crippen LogP contribution in [0.4, 0.5) is 13.2 Å². The fourth-order valence-electron chi connectivity index (χ4n) is 3.46. The first kappa shape index (κ1) is 22.9. The van der Waals surface area contributed by atoms with Gasteiger partial charge in [-0.2, -0.15) is 18.3 Å². The Morgan fingerprint density at radius 2 is 2.00 bits per heavy atom. The van der Waals surface area contributed by atoms with Crippen molar-refractivity contribution >= 4 is 28.3 Å². The Morgan fingerprint density at radius 3 is 2.67 bits per heavy atom. The topological polar surface area (TPSA) is 80.0 Å². The van der Waals surface area contributed by atoms with Gasteiger partial charge in [0.05, 0.1) is 39.4 Å². The van der Waals surface area contributed by atoms with Crippen molar-refractivity contribution < 1.29 is 23.1 Å². The number of fused-ring (bicyclic) bond motifs is 1. The summed E-state index contributed by atoms with van der Waals surface area (Å²) in [5.41, 5.74) is 0.703. The molecule has 0 saturated carbocycles. The van der Waals surface area contributed by atoms with E-state index in [0.29, 0.717) is 22.3 Å². The lowest BCUT2D eigenvalue weighted by molar-refractivity contribution is -0.137. The second kappa shape index (κ2) is 8.95. The molecular weight excluding hydrogens is 453 g/mol. The van der Waals surface area contributed by atoms with Crippen molar-refractivity contribution in [3.05, 3.63) is 70.7 Å². The number of hydrogen-bond acceptors (Lipinski definition) is 5. The third-order valence-electron chi connectivity index (χ3n) is 5.13. The molecule has 1 aromatic carbocycles. The first-order valence-corrected chi connectivity index (χ1v) is 11.1. The molecule has 33 heavy (non-hydrogen) atoms. The van der Waals surface area contributed by atoms with Gasteiger partial charge in [0.2, 0.25) is 0 Å². The third kappa shape index (κ3) is 4.76. The second-order valence-corrected chi connectivity index (χ2v) is 8.75. The number of carbonyl (C=O) groups is 1. The lowest BCUT2D eigenvalue weighted by atomic mass is 10.1. The van der Waals surface area contributed by atoms with Crippen LogP contribution in [0.15, 0.2) is 54.0 Å². The number of pyridine rings is 1. The number of carbonyl (C=O) groups excluding carboxylic acids is 1. The monoisotopic (exact) mass is 474 g/mol. The van der Waals surface area contributed by atoms with Crippen LogP contribution in [0, 0.1) is 0 Å². The van der Waals surface area contributed by atoms with Crippen LogP contribution in [0.2, 0.25) is 0 Å². The van der Waals surface area contributed by atoms with Crippen molar-refractivity contribution in [1.29, 1.82) is 0 Å². The number of nitrogens with zero attached hydrogens (tertiary/aromatic N) is 3. The van der Waals surface area contributed by atoms with E-state index >= 15 is 0 Å². The van der Waals surface area contributed by atoms with E-state index in [0.717, 1.165) is 17.0 Å². The van der Waals surface area contributed by atoms with Crippen molar-refractivity contribution in [1.82, 2.24) is 20.1 Å². The summed E-state index contributed by atoms with van der Waals surface area (Å²) in [4.78, 5) is 18.6. The van der Waals surface area contributed by atoms with Crippen molar-refractivity contribution in [2.24, 2.45) is 0 Å². The van der Waals surface area contributed by atoms with Crippen LogP contribution in [0.5, 0.6) is 0 Å². The third-order valence-corrected chi connectivity index (χ3v) is 6.02. The highest BCUT2D eigenvalue weighted by atomic mass is 32.1. The van der Waals surface area contributed by atoms with Crippen LogP contribution >= 0.6 is 11.3 Å². The van der Waals surface area contributed by atoms with Crippen LogP contribution < -0.4 is 5.32 Å². The fourth-order valence-corrected chi connectivity index (χ4v) is 4.15. The van der Waals surface area contributed by atoms with Gasteiger partial charge in [-0.05, 0) is 49.1 Å². The number of benzene rings is 1. The summed E-state index contributed by atoms with van der Waals surface area (Å²) in [6.07, 6.45) is -4.25. The molecule has 0 aliphatic rings. The molecule has 4 aromatic rings. The highest BCUT2D eigenvalue weighted by molar-refractivity contribution is 7.13. The molecule has 10 heteroatoms. The van der Waals surface area contributed by atoms with Gasteiger partial charge < -0.3 is 10.4 Å². The van der Waals surface area contributed by atoms with E-state index in [-0.39, 0.29) is 18.2 Å². The van der Waals surface area contributed by atoms with Crippen LogP contribution in [0.3, 0.4) is 0 Å². The molecule has 0 radical (unpaired) electrons. The van der Waals surface area contributed by atoms with Gasteiger partial charge in [0.25, 0.3) is 5.91 Å². The molecule has 1 atom stereocenters. The zero-order valence-corrected chi connectivity index (χ0v) is 18.6. The average Bonchev–Trinajstić information content (AvgIpc) is 3.46. The van der Waals surface area contributed by atoms with E-state index in [2.05, 4.69) is 10.4 Å². The lowest BCUT2D eigenvalue weighted by Gasteiger charge is -2.15. The summed E-state index contributed by atoms with van der Waals surface area (Å²) in [6.45, 7) is 3.66. The van der Waals surface area contributed by atoms with Gasteiger partial charge in [-0.25, -0.2) is 9.67 Å². The van der Waals surface area contributed by atoms with E-state index < -0.39 is 23.8 Å². The Labute approximate surface area is 191 Å². The van der Waals surface area contributed by atoms with Gasteiger partial charge in [-0.1, -0.05) is 18.2 Å². The number of aliphatic hydroxyl groups is 1. The molecule has 6 nitrogen and oxygen atoms in total. The van der Waals surface area contributed by atoms with Crippen molar-refractivity contribution in [3.8, 4) is 10.6 Å². The molecule has 2 N–H and O–H groups in total. The molecule has 0 aliphatic carbocycles. The van der Waals surface area contributed by atoms with Gasteiger partial charge >= 0.3 is 6.18 Å². The summed E-state index contributed by atoms with van der Waals surface area (Å²) in [5, 5.41) is 19.8. The van der Waals surface area contributed by atoms with Gasteiger partial charge in [0.1, 0.15) is 0 Å². The summed E-state index contributed by atoms with van der Waals surface area (Å²) < 4.78 is 40.6.